The van der Waals surface area contributed by atoms with Crippen LogP contribution in [-0.2, 0) is 4.79 Å². The molecule has 3 aromatic heterocycles. The quantitative estimate of drug-likeness (QED) is 0.421. The van der Waals surface area contributed by atoms with Crippen molar-refractivity contribution in [3.63, 3.8) is 0 Å². The molecule has 3 aliphatic rings. The van der Waals surface area contributed by atoms with Crippen LogP contribution in [0.2, 0.25) is 0 Å². The van der Waals surface area contributed by atoms with Crippen LogP contribution in [0.3, 0.4) is 0 Å². The molecule has 222 valence electrons. The van der Waals surface area contributed by atoms with Gasteiger partial charge in [-0.2, -0.15) is 28.2 Å². The first-order valence-corrected chi connectivity index (χ1v) is 14.1. The second-order valence-corrected chi connectivity index (χ2v) is 11.2. The van der Waals surface area contributed by atoms with Gasteiger partial charge in [-0.25, -0.2) is 8.78 Å². The van der Waals surface area contributed by atoms with E-state index in [2.05, 4.69) is 20.1 Å². The lowest BCUT2D eigenvalue weighted by atomic mass is 9.78. The Hall–Kier alpha value is -3.49. The highest BCUT2D eigenvalue weighted by Gasteiger charge is 2.43. The summed E-state index contributed by atoms with van der Waals surface area (Å²) < 4.78 is 58.7. The van der Waals surface area contributed by atoms with Gasteiger partial charge >= 0.3 is 12.3 Å². The molecule has 0 spiro atoms. The molecule has 11 nitrogen and oxygen atoms in total. The Labute approximate surface area is 233 Å². The number of rotatable bonds is 7. The monoisotopic (exact) mass is 579 g/mol. The maximum Gasteiger partial charge on any atom is 0.319 e. The average molecular weight is 580 g/mol. The van der Waals surface area contributed by atoms with Gasteiger partial charge in [0.05, 0.1) is 12.8 Å². The predicted molar refractivity (Wildman–Crippen MR) is 140 cm³/mol. The Morgan fingerprint density at radius 1 is 1.02 bits per heavy atom. The number of furan rings is 1. The second-order valence-electron chi connectivity index (χ2n) is 11.2. The molecule has 41 heavy (non-hydrogen) atoms. The maximum atomic E-state index is 13.6. The number of fused-ring (bicyclic) bond motifs is 1. The molecular weight excluding hydrogens is 546 g/mol. The number of nitrogens with zero attached hydrogens (tertiary/aromatic N) is 8. The summed E-state index contributed by atoms with van der Waals surface area (Å²) in [6, 6.07) is 3.07. The lowest BCUT2D eigenvalue weighted by molar-refractivity contribution is -0.145. The summed E-state index contributed by atoms with van der Waals surface area (Å²) in [5.74, 6) is -1.68. The normalized spacial score (nSPS) is 21.9. The van der Waals surface area contributed by atoms with E-state index in [0.717, 1.165) is 19.3 Å². The molecule has 3 aliphatic heterocycles. The number of hydrogen-bond acceptors (Lipinski definition) is 9. The van der Waals surface area contributed by atoms with E-state index in [0.29, 0.717) is 81.4 Å². The number of halogens is 4. The number of carbonyl (C=O) groups is 1. The number of nitrogen functional groups attached to an aromatic ring is 1. The number of aromatic nitrogens is 5. The van der Waals surface area contributed by atoms with E-state index < -0.39 is 24.9 Å². The smallest absolute Gasteiger partial charge is 0.319 e. The lowest BCUT2D eigenvalue weighted by Gasteiger charge is -2.41. The zero-order valence-corrected chi connectivity index (χ0v) is 22.5. The van der Waals surface area contributed by atoms with Gasteiger partial charge in [0.1, 0.15) is 6.04 Å². The van der Waals surface area contributed by atoms with Crippen molar-refractivity contribution in [3.8, 4) is 11.6 Å². The third kappa shape index (κ3) is 5.55. The molecule has 3 fully saturated rings. The van der Waals surface area contributed by atoms with Crippen molar-refractivity contribution in [2.24, 2.45) is 11.8 Å². The molecule has 3 aromatic rings. The van der Waals surface area contributed by atoms with Gasteiger partial charge in [0.2, 0.25) is 23.6 Å². The molecule has 0 saturated carbocycles. The highest BCUT2D eigenvalue weighted by atomic mass is 19.3. The average Bonchev–Trinajstić information content (AvgIpc) is 3.74. The number of likely N-dealkylation sites (tertiary alicyclic amines) is 2. The molecule has 1 atom stereocenters. The molecule has 3 saturated heterocycles. The summed E-state index contributed by atoms with van der Waals surface area (Å²) in [6.07, 6.45) is 2.46. The van der Waals surface area contributed by atoms with Crippen LogP contribution >= 0.6 is 0 Å². The van der Waals surface area contributed by atoms with Crippen molar-refractivity contribution in [1.29, 1.82) is 0 Å². The Kier molecular flexibility index (Phi) is 7.47. The second kappa shape index (κ2) is 11.1. The number of alkyl halides is 4. The third-order valence-electron chi connectivity index (χ3n) is 8.66. The molecule has 0 aliphatic carbocycles. The van der Waals surface area contributed by atoms with Crippen LogP contribution in [0.4, 0.5) is 29.5 Å². The molecular formula is C26H33F4N9O2. The van der Waals surface area contributed by atoms with Gasteiger partial charge in [-0.15, -0.1) is 5.10 Å². The molecule has 6 heterocycles. The molecule has 0 aromatic carbocycles. The van der Waals surface area contributed by atoms with Crippen LogP contribution < -0.4 is 10.6 Å². The summed E-state index contributed by atoms with van der Waals surface area (Å²) in [7, 11) is 0. The fourth-order valence-electron chi connectivity index (χ4n) is 6.45. The van der Waals surface area contributed by atoms with Crippen molar-refractivity contribution < 1.29 is 26.8 Å². The highest BCUT2D eigenvalue weighted by Crippen LogP contribution is 2.35. The standard InChI is InChI=1S/C26H33F4N9O2/c27-22(28)26(29,30)15-36-10-5-16(6-11-36)17-7-12-37(13-8-17)21(40)18-3-1-9-38(18)24-33-23(31)39-25(34-24)32-20(35-39)19-4-2-14-41-19/h2,4,14,16-18,22H,1,3,5-13,15H2,(H2,31,32,33,34,35)/t18-/m0/s1. The van der Waals surface area contributed by atoms with Gasteiger partial charge in [-0.3, -0.25) is 9.69 Å². The molecule has 2 N–H and O–H groups in total. The summed E-state index contributed by atoms with van der Waals surface area (Å²) >= 11 is 0. The molecule has 0 radical (unpaired) electrons. The van der Waals surface area contributed by atoms with Crippen LogP contribution in [0.1, 0.15) is 38.5 Å². The Bertz CT molecular complexity index is 1350. The first-order chi connectivity index (χ1) is 19.7. The first-order valence-electron chi connectivity index (χ1n) is 14.1. The van der Waals surface area contributed by atoms with E-state index in [4.69, 9.17) is 10.2 Å². The zero-order valence-electron chi connectivity index (χ0n) is 22.5. The van der Waals surface area contributed by atoms with E-state index in [1.54, 1.807) is 12.1 Å². The first kappa shape index (κ1) is 27.7. The van der Waals surface area contributed by atoms with Gasteiger partial charge in [0.15, 0.2) is 5.76 Å². The number of carbonyl (C=O) groups excluding carboxylic acids is 1. The summed E-state index contributed by atoms with van der Waals surface area (Å²) in [5.41, 5.74) is 6.18. The van der Waals surface area contributed by atoms with Crippen LogP contribution in [0.5, 0.6) is 0 Å². The topological polar surface area (TPSA) is 122 Å². The molecule has 0 bridgehead atoms. The molecule has 15 heteroatoms. The minimum absolute atomic E-state index is 0.0322. The van der Waals surface area contributed by atoms with Crippen molar-refractivity contribution in [2.75, 3.05) is 49.9 Å². The highest BCUT2D eigenvalue weighted by molar-refractivity contribution is 5.85. The number of anilines is 2. The summed E-state index contributed by atoms with van der Waals surface area (Å²) in [5, 5.41) is 4.32. The van der Waals surface area contributed by atoms with Crippen LogP contribution in [0.25, 0.3) is 17.4 Å². The van der Waals surface area contributed by atoms with Crippen LogP contribution in [-0.4, -0.2) is 97.9 Å². The van der Waals surface area contributed by atoms with Crippen LogP contribution in [0, 0.1) is 11.8 Å². The molecule has 6 rings (SSSR count). The van der Waals surface area contributed by atoms with Gasteiger partial charge in [0, 0.05) is 19.6 Å². The van der Waals surface area contributed by atoms with E-state index >= 15 is 0 Å². The van der Waals surface area contributed by atoms with Crippen molar-refractivity contribution in [3.05, 3.63) is 18.4 Å². The van der Waals surface area contributed by atoms with E-state index in [1.165, 1.54) is 15.7 Å². The van der Waals surface area contributed by atoms with Gasteiger partial charge in [0.25, 0.3) is 5.78 Å². The van der Waals surface area contributed by atoms with E-state index in [-0.39, 0.29) is 17.6 Å². The van der Waals surface area contributed by atoms with Gasteiger partial charge in [-0.1, -0.05) is 0 Å². The Balaban J connectivity index is 1.06. The zero-order chi connectivity index (χ0) is 28.7. The third-order valence-corrected chi connectivity index (χ3v) is 8.66. The Morgan fingerprint density at radius 2 is 1.73 bits per heavy atom. The fourth-order valence-corrected chi connectivity index (χ4v) is 6.45. The summed E-state index contributed by atoms with van der Waals surface area (Å²) in [4.78, 5) is 32.2. The number of piperidine rings is 2. The number of nitrogens with two attached hydrogens (primary N) is 1. The Morgan fingerprint density at radius 3 is 2.39 bits per heavy atom. The number of hydrogen-bond donors (Lipinski definition) is 1. The number of amides is 1. The van der Waals surface area contributed by atoms with Gasteiger partial charge < -0.3 is 20.0 Å². The minimum Gasteiger partial charge on any atom is -0.461 e. The predicted octanol–water partition coefficient (Wildman–Crippen LogP) is 3.18. The minimum atomic E-state index is -3.98. The van der Waals surface area contributed by atoms with Crippen LogP contribution in [0.15, 0.2) is 22.8 Å². The SMILES string of the molecule is Nc1nc(N2CCC[C@H]2C(=O)N2CCC(C3CCN(CC(F)(F)C(F)F)CC3)CC2)nc2nc(-c3ccco3)nn12. The van der Waals surface area contributed by atoms with Gasteiger partial charge in [-0.05, 0) is 75.6 Å². The molecule has 1 amide bonds. The van der Waals surface area contributed by atoms with Crippen molar-refractivity contribution in [1.82, 2.24) is 34.4 Å². The van der Waals surface area contributed by atoms with E-state index in [1.807, 2.05) is 9.80 Å². The largest absolute Gasteiger partial charge is 0.461 e. The lowest BCUT2D eigenvalue weighted by Crippen LogP contribution is -2.50. The van der Waals surface area contributed by atoms with Crippen molar-refractivity contribution >= 4 is 23.6 Å². The fraction of sp³-hybridized carbons (Fsp3) is 0.654. The molecule has 0 unspecified atom stereocenters. The summed E-state index contributed by atoms with van der Waals surface area (Å²) in [6.45, 7) is 1.75. The van der Waals surface area contributed by atoms with E-state index in [9.17, 15) is 22.4 Å². The van der Waals surface area contributed by atoms with Crippen molar-refractivity contribution in [2.45, 2.75) is 56.9 Å². The maximum absolute atomic E-state index is 13.6.